The number of hydrogen-bond acceptors (Lipinski definition) is 5. The lowest BCUT2D eigenvalue weighted by Crippen LogP contribution is -2.37. The van der Waals surface area contributed by atoms with Crippen molar-refractivity contribution >= 4 is 27.4 Å². The standard InChI is InChI=1S/C18H17F2NO5S/c1-12(16(22)21(2)14-6-4-3-5-7-14)26-17(23)13-8-10-15(11-9-13)27(24,25)18(19)20/h3-12,18H,1-2H3/t12-/m1/s1. The van der Waals surface area contributed by atoms with Crippen molar-refractivity contribution in [3.8, 4) is 0 Å². The molecule has 0 radical (unpaired) electrons. The Kier molecular flexibility index (Phi) is 6.27. The number of ether oxygens (including phenoxy) is 1. The molecule has 0 aliphatic rings. The zero-order valence-electron chi connectivity index (χ0n) is 14.5. The average molecular weight is 397 g/mol. The number of likely N-dealkylation sites (N-methyl/N-ethyl adjacent to an activating group) is 1. The molecule has 9 heteroatoms. The highest BCUT2D eigenvalue weighted by molar-refractivity contribution is 7.91. The predicted octanol–water partition coefficient (Wildman–Crippen LogP) is 2.89. The van der Waals surface area contributed by atoms with Gasteiger partial charge in [0.25, 0.3) is 5.91 Å². The van der Waals surface area contributed by atoms with Crippen LogP contribution in [0.2, 0.25) is 0 Å². The van der Waals surface area contributed by atoms with Crippen LogP contribution < -0.4 is 4.90 Å². The normalized spacial score (nSPS) is 12.5. The Labute approximate surface area is 155 Å². The topological polar surface area (TPSA) is 80.8 Å². The molecule has 0 fully saturated rings. The van der Waals surface area contributed by atoms with Crippen molar-refractivity contribution in [3.05, 3.63) is 60.2 Å². The number of alkyl halides is 2. The fraction of sp³-hybridized carbons (Fsp3) is 0.222. The fourth-order valence-electron chi connectivity index (χ4n) is 2.21. The number of hydrogen-bond donors (Lipinski definition) is 0. The molecule has 0 spiro atoms. The van der Waals surface area contributed by atoms with Crippen molar-refractivity contribution in [1.82, 2.24) is 0 Å². The minimum atomic E-state index is -4.74. The Morgan fingerprint density at radius 1 is 1.00 bits per heavy atom. The summed E-state index contributed by atoms with van der Waals surface area (Å²) < 4.78 is 52.9. The molecule has 0 bridgehead atoms. The molecular formula is C18H17F2NO5S. The van der Waals surface area contributed by atoms with E-state index in [0.717, 1.165) is 24.3 Å². The molecule has 0 heterocycles. The summed E-state index contributed by atoms with van der Waals surface area (Å²) in [6.07, 6.45) is -1.10. The van der Waals surface area contributed by atoms with E-state index in [0.29, 0.717) is 5.69 Å². The zero-order valence-corrected chi connectivity index (χ0v) is 15.3. The number of carbonyl (C=O) groups excluding carboxylic acids is 2. The van der Waals surface area contributed by atoms with E-state index in [1.54, 1.807) is 30.3 Å². The Hall–Kier alpha value is -2.81. The Morgan fingerprint density at radius 2 is 1.56 bits per heavy atom. The summed E-state index contributed by atoms with van der Waals surface area (Å²) in [6.45, 7) is 1.40. The molecule has 0 aromatic heterocycles. The van der Waals surface area contributed by atoms with Crippen LogP contribution in [0.15, 0.2) is 59.5 Å². The number of para-hydroxylation sites is 1. The lowest BCUT2D eigenvalue weighted by molar-refractivity contribution is -0.126. The van der Waals surface area contributed by atoms with Crippen LogP contribution in [0, 0.1) is 0 Å². The average Bonchev–Trinajstić information content (AvgIpc) is 2.67. The lowest BCUT2D eigenvalue weighted by atomic mass is 10.2. The number of esters is 1. The highest BCUT2D eigenvalue weighted by Gasteiger charge is 2.27. The molecule has 2 aromatic rings. The number of benzene rings is 2. The predicted molar refractivity (Wildman–Crippen MR) is 94.4 cm³/mol. The summed E-state index contributed by atoms with van der Waals surface area (Å²) in [5, 5.41) is 0. The van der Waals surface area contributed by atoms with Crippen LogP contribution in [0.3, 0.4) is 0 Å². The molecule has 0 saturated carbocycles. The third kappa shape index (κ3) is 4.68. The van der Waals surface area contributed by atoms with Crippen LogP contribution in [0.5, 0.6) is 0 Å². The number of rotatable bonds is 6. The van der Waals surface area contributed by atoms with Gasteiger partial charge in [-0.2, -0.15) is 8.78 Å². The van der Waals surface area contributed by atoms with Crippen LogP contribution in [0.25, 0.3) is 0 Å². The molecule has 0 aliphatic carbocycles. The third-order valence-electron chi connectivity index (χ3n) is 3.76. The lowest BCUT2D eigenvalue weighted by Gasteiger charge is -2.21. The van der Waals surface area contributed by atoms with Gasteiger partial charge in [0.05, 0.1) is 10.5 Å². The number of sulfone groups is 1. The summed E-state index contributed by atoms with van der Waals surface area (Å²) in [6, 6.07) is 12.6. The van der Waals surface area contributed by atoms with Crippen LogP contribution in [0.1, 0.15) is 17.3 Å². The maximum atomic E-state index is 12.5. The largest absolute Gasteiger partial charge is 0.449 e. The van der Waals surface area contributed by atoms with Crippen molar-refractivity contribution in [2.24, 2.45) is 0 Å². The molecule has 0 aliphatic heterocycles. The van der Waals surface area contributed by atoms with Gasteiger partial charge in [0.2, 0.25) is 9.84 Å². The Bertz CT molecular complexity index is 915. The molecule has 27 heavy (non-hydrogen) atoms. The van der Waals surface area contributed by atoms with E-state index in [4.69, 9.17) is 4.74 Å². The van der Waals surface area contributed by atoms with E-state index in [1.165, 1.54) is 18.9 Å². The molecule has 1 amide bonds. The number of nitrogens with zero attached hydrogens (tertiary/aromatic N) is 1. The summed E-state index contributed by atoms with van der Waals surface area (Å²) in [7, 11) is -3.21. The van der Waals surface area contributed by atoms with Crippen molar-refractivity contribution in [2.75, 3.05) is 11.9 Å². The molecule has 0 saturated heterocycles. The molecule has 144 valence electrons. The van der Waals surface area contributed by atoms with Crippen LogP contribution in [0.4, 0.5) is 14.5 Å². The van der Waals surface area contributed by atoms with E-state index in [1.807, 2.05) is 0 Å². The minimum absolute atomic E-state index is 0.0646. The highest BCUT2D eigenvalue weighted by atomic mass is 32.2. The van der Waals surface area contributed by atoms with E-state index >= 15 is 0 Å². The van der Waals surface area contributed by atoms with Crippen molar-refractivity contribution < 1.29 is 31.5 Å². The highest BCUT2D eigenvalue weighted by Crippen LogP contribution is 2.19. The van der Waals surface area contributed by atoms with E-state index in [9.17, 15) is 26.8 Å². The van der Waals surface area contributed by atoms with Gasteiger partial charge in [0, 0.05) is 12.7 Å². The minimum Gasteiger partial charge on any atom is -0.449 e. The first-order valence-corrected chi connectivity index (χ1v) is 9.35. The van der Waals surface area contributed by atoms with Gasteiger partial charge in [-0.25, -0.2) is 13.2 Å². The zero-order chi connectivity index (χ0) is 20.2. The first-order chi connectivity index (χ1) is 12.6. The molecule has 0 N–H and O–H groups in total. The van der Waals surface area contributed by atoms with Gasteiger partial charge in [0.15, 0.2) is 6.10 Å². The van der Waals surface area contributed by atoms with E-state index < -0.39 is 38.5 Å². The third-order valence-corrected chi connectivity index (χ3v) is 5.16. The Morgan fingerprint density at radius 3 is 2.07 bits per heavy atom. The van der Waals surface area contributed by atoms with Gasteiger partial charge in [-0.05, 0) is 43.3 Å². The molecule has 0 unspecified atom stereocenters. The molecule has 2 rings (SSSR count). The number of amides is 1. The van der Waals surface area contributed by atoms with Crippen LogP contribution in [-0.4, -0.2) is 39.2 Å². The smallest absolute Gasteiger partial charge is 0.341 e. The van der Waals surface area contributed by atoms with Crippen molar-refractivity contribution in [2.45, 2.75) is 23.7 Å². The quantitative estimate of drug-likeness (QED) is 0.700. The van der Waals surface area contributed by atoms with Gasteiger partial charge in [0.1, 0.15) is 0 Å². The van der Waals surface area contributed by atoms with Gasteiger partial charge >= 0.3 is 11.7 Å². The SMILES string of the molecule is C[C@@H](OC(=O)c1ccc(S(=O)(=O)C(F)F)cc1)C(=O)N(C)c1ccccc1. The summed E-state index contributed by atoms with van der Waals surface area (Å²) in [4.78, 5) is 25.2. The molecule has 6 nitrogen and oxygen atoms in total. The van der Waals surface area contributed by atoms with Crippen LogP contribution >= 0.6 is 0 Å². The number of carbonyl (C=O) groups is 2. The number of halogens is 2. The maximum Gasteiger partial charge on any atom is 0.341 e. The van der Waals surface area contributed by atoms with Gasteiger partial charge < -0.3 is 9.64 Å². The maximum absolute atomic E-state index is 12.5. The molecular weight excluding hydrogens is 380 g/mol. The molecule has 2 aromatic carbocycles. The van der Waals surface area contributed by atoms with Gasteiger partial charge in [-0.3, -0.25) is 4.79 Å². The first kappa shape index (κ1) is 20.5. The van der Waals surface area contributed by atoms with E-state index in [2.05, 4.69) is 0 Å². The first-order valence-electron chi connectivity index (χ1n) is 7.80. The second-order valence-corrected chi connectivity index (χ2v) is 7.53. The second-order valence-electron chi connectivity index (χ2n) is 5.61. The number of anilines is 1. The summed E-state index contributed by atoms with van der Waals surface area (Å²) in [5.74, 6) is -4.90. The van der Waals surface area contributed by atoms with E-state index in [-0.39, 0.29) is 5.56 Å². The van der Waals surface area contributed by atoms with Crippen LogP contribution in [-0.2, 0) is 19.4 Å². The summed E-state index contributed by atoms with van der Waals surface area (Å²) in [5.41, 5.74) is 0.553. The summed E-state index contributed by atoms with van der Waals surface area (Å²) >= 11 is 0. The molecule has 1 atom stereocenters. The van der Waals surface area contributed by atoms with Gasteiger partial charge in [-0.15, -0.1) is 0 Å². The van der Waals surface area contributed by atoms with Crippen molar-refractivity contribution in [1.29, 1.82) is 0 Å². The van der Waals surface area contributed by atoms with Gasteiger partial charge in [-0.1, -0.05) is 18.2 Å². The fourth-order valence-corrected chi connectivity index (χ4v) is 2.94. The Balaban J connectivity index is 2.07. The van der Waals surface area contributed by atoms with Crippen molar-refractivity contribution in [3.63, 3.8) is 0 Å². The monoisotopic (exact) mass is 397 g/mol. The second kappa shape index (κ2) is 8.26.